The topological polar surface area (TPSA) is 29.5 Å². The number of ether oxygens (including phenoxy) is 1. The van der Waals surface area contributed by atoms with Crippen molar-refractivity contribution in [1.29, 1.82) is 0 Å². The summed E-state index contributed by atoms with van der Waals surface area (Å²) in [5, 5.41) is 9.08. The Kier molecular flexibility index (Phi) is 3.99. The summed E-state index contributed by atoms with van der Waals surface area (Å²) in [6.45, 7) is -0.0103. The zero-order valence-electron chi connectivity index (χ0n) is 8.82. The van der Waals surface area contributed by atoms with Crippen LogP contribution in [0, 0.1) is 5.82 Å². The number of benzene rings is 1. The number of aliphatic hydroxyl groups is 1. The van der Waals surface area contributed by atoms with Crippen molar-refractivity contribution in [2.24, 2.45) is 0 Å². The number of para-hydroxylation sites is 1. The van der Waals surface area contributed by atoms with E-state index in [9.17, 15) is 4.39 Å². The number of thiophene rings is 1. The fraction of sp³-hybridized carbons (Fsp3) is 0.167. The molecular weight excluding hydrogens is 263 g/mol. The second-order valence-electron chi connectivity index (χ2n) is 3.38. The van der Waals surface area contributed by atoms with E-state index in [4.69, 9.17) is 21.4 Å². The fourth-order valence-electron chi connectivity index (χ4n) is 1.41. The fourth-order valence-corrected chi connectivity index (χ4v) is 2.41. The van der Waals surface area contributed by atoms with Crippen molar-refractivity contribution >= 4 is 22.9 Å². The lowest BCUT2D eigenvalue weighted by Crippen LogP contribution is -1.99. The van der Waals surface area contributed by atoms with Gasteiger partial charge in [0.1, 0.15) is 6.61 Å². The molecule has 5 heteroatoms. The summed E-state index contributed by atoms with van der Waals surface area (Å²) in [6.07, 6.45) is 0. The number of aliphatic hydroxyl groups excluding tert-OH is 1. The summed E-state index contributed by atoms with van der Waals surface area (Å²) >= 11 is 7.16. The van der Waals surface area contributed by atoms with E-state index >= 15 is 0 Å². The highest BCUT2D eigenvalue weighted by Crippen LogP contribution is 2.26. The summed E-state index contributed by atoms with van der Waals surface area (Å²) < 4.78 is 19.5. The third-order valence-electron chi connectivity index (χ3n) is 2.21. The van der Waals surface area contributed by atoms with Crippen LogP contribution in [-0.4, -0.2) is 5.11 Å². The largest absolute Gasteiger partial charge is 0.485 e. The van der Waals surface area contributed by atoms with Crippen LogP contribution < -0.4 is 4.74 Å². The Labute approximate surface area is 107 Å². The van der Waals surface area contributed by atoms with Crippen LogP contribution in [0.4, 0.5) is 4.39 Å². The predicted octanol–water partition coefficient (Wildman–Crippen LogP) is 3.61. The van der Waals surface area contributed by atoms with Gasteiger partial charge in [-0.2, -0.15) is 0 Å². The molecule has 1 N–H and O–H groups in total. The average Bonchev–Trinajstić information content (AvgIpc) is 2.73. The first-order chi connectivity index (χ1) is 8.20. The van der Waals surface area contributed by atoms with Crippen LogP contribution in [0.1, 0.15) is 10.4 Å². The van der Waals surface area contributed by atoms with Gasteiger partial charge in [0.25, 0.3) is 0 Å². The SMILES string of the molecule is OCc1cccc(F)c1OCc1ccc(Cl)s1. The number of halogens is 2. The molecule has 0 unspecified atom stereocenters. The predicted molar refractivity (Wildman–Crippen MR) is 66.0 cm³/mol. The number of hydrogen-bond acceptors (Lipinski definition) is 3. The zero-order chi connectivity index (χ0) is 12.3. The smallest absolute Gasteiger partial charge is 0.165 e. The molecule has 0 amide bonds. The van der Waals surface area contributed by atoms with Gasteiger partial charge in [-0.1, -0.05) is 23.7 Å². The summed E-state index contributed by atoms with van der Waals surface area (Å²) in [6, 6.07) is 8.05. The maximum absolute atomic E-state index is 13.5. The Bertz CT molecular complexity index is 513. The normalized spacial score (nSPS) is 10.5. The van der Waals surface area contributed by atoms with Gasteiger partial charge in [-0.25, -0.2) is 4.39 Å². The Hall–Kier alpha value is -1.10. The molecule has 0 saturated carbocycles. The lowest BCUT2D eigenvalue weighted by molar-refractivity contribution is 0.252. The highest BCUT2D eigenvalue weighted by Gasteiger charge is 2.09. The summed E-state index contributed by atoms with van der Waals surface area (Å²) in [5.74, 6) is -0.376. The number of rotatable bonds is 4. The summed E-state index contributed by atoms with van der Waals surface area (Å²) in [5.41, 5.74) is 0.438. The second kappa shape index (κ2) is 5.49. The van der Waals surface area contributed by atoms with E-state index in [1.807, 2.05) is 6.07 Å². The third kappa shape index (κ3) is 2.97. The van der Waals surface area contributed by atoms with E-state index in [1.54, 1.807) is 12.1 Å². The van der Waals surface area contributed by atoms with Crippen LogP contribution in [0.3, 0.4) is 0 Å². The molecule has 0 spiro atoms. The molecule has 2 nitrogen and oxygen atoms in total. The van der Waals surface area contributed by atoms with Gasteiger partial charge in [0, 0.05) is 10.4 Å². The first-order valence-corrected chi connectivity index (χ1v) is 6.15. The van der Waals surface area contributed by atoms with E-state index in [0.29, 0.717) is 9.90 Å². The molecule has 2 aromatic rings. The van der Waals surface area contributed by atoms with Gasteiger partial charge in [0.2, 0.25) is 0 Å². The Morgan fingerprint density at radius 3 is 2.76 bits per heavy atom. The molecule has 1 aromatic heterocycles. The molecule has 0 radical (unpaired) electrons. The van der Waals surface area contributed by atoms with Gasteiger partial charge in [-0.05, 0) is 18.2 Å². The van der Waals surface area contributed by atoms with E-state index < -0.39 is 5.82 Å². The molecule has 17 heavy (non-hydrogen) atoms. The Balaban J connectivity index is 2.13. The number of hydrogen-bond donors (Lipinski definition) is 1. The van der Waals surface area contributed by atoms with E-state index in [-0.39, 0.29) is 19.0 Å². The van der Waals surface area contributed by atoms with Gasteiger partial charge in [0.15, 0.2) is 11.6 Å². The van der Waals surface area contributed by atoms with Crippen molar-refractivity contribution in [3.63, 3.8) is 0 Å². The van der Waals surface area contributed by atoms with E-state index in [1.165, 1.54) is 23.5 Å². The molecule has 1 heterocycles. The van der Waals surface area contributed by atoms with Gasteiger partial charge in [0.05, 0.1) is 10.9 Å². The Morgan fingerprint density at radius 2 is 2.12 bits per heavy atom. The molecule has 90 valence electrons. The van der Waals surface area contributed by atoms with Gasteiger partial charge < -0.3 is 9.84 Å². The van der Waals surface area contributed by atoms with E-state index in [0.717, 1.165) is 4.88 Å². The van der Waals surface area contributed by atoms with Crippen molar-refractivity contribution < 1.29 is 14.2 Å². The molecule has 1 aromatic carbocycles. The highest BCUT2D eigenvalue weighted by molar-refractivity contribution is 7.16. The Morgan fingerprint density at radius 1 is 1.29 bits per heavy atom. The molecule has 0 atom stereocenters. The second-order valence-corrected chi connectivity index (χ2v) is 5.18. The molecule has 0 bridgehead atoms. The van der Waals surface area contributed by atoms with Crippen LogP contribution in [0.5, 0.6) is 5.75 Å². The maximum Gasteiger partial charge on any atom is 0.165 e. The average molecular weight is 273 g/mol. The van der Waals surface area contributed by atoms with Crippen molar-refractivity contribution in [3.8, 4) is 5.75 Å². The minimum absolute atomic E-state index is 0.0968. The van der Waals surface area contributed by atoms with Crippen molar-refractivity contribution in [2.45, 2.75) is 13.2 Å². The molecular formula is C12H10ClFO2S. The van der Waals surface area contributed by atoms with Crippen molar-refractivity contribution in [2.75, 3.05) is 0 Å². The third-order valence-corrected chi connectivity index (χ3v) is 3.41. The van der Waals surface area contributed by atoms with Crippen molar-refractivity contribution in [3.05, 3.63) is 50.9 Å². The standard InChI is InChI=1S/C12H10ClFO2S/c13-11-5-4-9(17-11)7-16-12-8(6-15)2-1-3-10(12)14/h1-5,15H,6-7H2. The van der Waals surface area contributed by atoms with E-state index in [2.05, 4.69) is 0 Å². The first-order valence-electron chi connectivity index (χ1n) is 4.96. The zero-order valence-corrected chi connectivity index (χ0v) is 10.4. The van der Waals surface area contributed by atoms with Gasteiger partial charge in [-0.3, -0.25) is 0 Å². The summed E-state index contributed by atoms with van der Waals surface area (Å²) in [4.78, 5) is 0.905. The maximum atomic E-state index is 13.5. The quantitative estimate of drug-likeness (QED) is 0.921. The van der Waals surface area contributed by atoms with Crippen LogP contribution >= 0.6 is 22.9 Å². The summed E-state index contributed by atoms with van der Waals surface area (Å²) in [7, 11) is 0. The lowest BCUT2D eigenvalue weighted by Gasteiger charge is -2.09. The van der Waals surface area contributed by atoms with Crippen LogP contribution in [0.25, 0.3) is 0 Å². The first kappa shape index (κ1) is 12.4. The van der Waals surface area contributed by atoms with Crippen molar-refractivity contribution in [1.82, 2.24) is 0 Å². The molecule has 0 fully saturated rings. The molecule has 0 aliphatic heterocycles. The molecule has 0 aliphatic carbocycles. The van der Waals surface area contributed by atoms with Crippen LogP contribution in [0.2, 0.25) is 4.34 Å². The van der Waals surface area contributed by atoms with Gasteiger partial charge in [-0.15, -0.1) is 11.3 Å². The highest BCUT2D eigenvalue weighted by atomic mass is 35.5. The molecule has 0 saturated heterocycles. The van der Waals surface area contributed by atoms with Crippen LogP contribution in [-0.2, 0) is 13.2 Å². The minimum Gasteiger partial charge on any atom is -0.485 e. The van der Waals surface area contributed by atoms with Crippen LogP contribution in [0.15, 0.2) is 30.3 Å². The molecule has 0 aliphatic rings. The molecule has 2 rings (SSSR count). The lowest BCUT2D eigenvalue weighted by atomic mass is 10.2. The monoisotopic (exact) mass is 272 g/mol. The minimum atomic E-state index is -0.473. The van der Waals surface area contributed by atoms with Gasteiger partial charge >= 0.3 is 0 Å².